The molecule has 2 atom stereocenters. The van der Waals surface area contributed by atoms with Crippen molar-refractivity contribution in [3.05, 3.63) is 59.1 Å². The van der Waals surface area contributed by atoms with Crippen molar-refractivity contribution >= 4 is 34.8 Å². The van der Waals surface area contributed by atoms with Gasteiger partial charge in [-0.25, -0.2) is 5.48 Å². The highest BCUT2D eigenvalue weighted by molar-refractivity contribution is 6.30. The van der Waals surface area contributed by atoms with Crippen molar-refractivity contribution in [1.29, 1.82) is 0 Å². The highest BCUT2D eigenvalue weighted by Gasteiger charge is 2.37. The maximum atomic E-state index is 12.4. The first-order chi connectivity index (χ1) is 12.0. The average Bonchev–Trinajstić information content (AvgIpc) is 2.89. The molecule has 130 valence electrons. The van der Waals surface area contributed by atoms with E-state index in [2.05, 4.69) is 5.32 Å². The molecule has 1 aliphatic heterocycles. The molecule has 0 spiro atoms. The van der Waals surface area contributed by atoms with Crippen molar-refractivity contribution < 1.29 is 14.8 Å². The molecule has 2 aromatic rings. The highest BCUT2D eigenvalue weighted by Crippen LogP contribution is 2.29. The van der Waals surface area contributed by atoms with Crippen LogP contribution in [-0.2, 0) is 4.79 Å². The Morgan fingerprint density at radius 3 is 2.40 bits per heavy atom. The lowest BCUT2D eigenvalue weighted by Crippen LogP contribution is -2.37. The van der Waals surface area contributed by atoms with Crippen molar-refractivity contribution in [3.8, 4) is 0 Å². The molecule has 0 aromatic heterocycles. The Kier molecular flexibility index (Phi) is 4.92. The minimum atomic E-state index is -0.565. The van der Waals surface area contributed by atoms with Crippen LogP contribution in [0.2, 0.25) is 5.02 Å². The van der Waals surface area contributed by atoms with Gasteiger partial charge in [-0.3, -0.25) is 14.8 Å². The fraction of sp³-hybridized carbons (Fsp3) is 0.222. The van der Waals surface area contributed by atoms with Gasteiger partial charge in [0.15, 0.2) is 0 Å². The van der Waals surface area contributed by atoms with Gasteiger partial charge in [-0.2, -0.15) is 0 Å². The summed E-state index contributed by atoms with van der Waals surface area (Å²) in [4.78, 5) is 25.5. The summed E-state index contributed by atoms with van der Waals surface area (Å²) in [6, 6.07) is 13.8. The van der Waals surface area contributed by atoms with Crippen molar-refractivity contribution in [1.82, 2.24) is 5.48 Å². The van der Waals surface area contributed by atoms with Crippen molar-refractivity contribution in [2.24, 2.45) is 0 Å². The predicted molar refractivity (Wildman–Crippen MR) is 96.1 cm³/mol. The van der Waals surface area contributed by atoms with E-state index in [0.717, 1.165) is 11.4 Å². The molecular weight excluding hydrogens is 342 g/mol. The molecule has 0 unspecified atom stereocenters. The van der Waals surface area contributed by atoms with Gasteiger partial charge >= 0.3 is 0 Å². The van der Waals surface area contributed by atoms with E-state index in [1.807, 2.05) is 19.1 Å². The van der Waals surface area contributed by atoms with E-state index >= 15 is 0 Å². The van der Waals surface area contributed by atoms with Gasteiger partial charge in [0.25, 0.3) is 5.91 Å². The molecule has 1 heterocycles. The number of rotatable bonds is 4. The first-order valence-corrected chi connectivity index (χ1v) is 8.26. The Hall–Kier alpha value is -2.57. The summed E-state index contributed by atoms with van der Waals surface area (Å²) in [5.74, 6) is -0.520. The van der Waals surface area contributed by atoms with E-state index in [4.69, 9.17) is 16.8 Å². The van der Waals surface area contributed by atoms with Gasteiger partial charge in [0.1, 0.15) is 0 Å². The molecule has 1 saturated heterocycles. The van der Waals surface area contributed by atoms with Crippen LogP contribution in [0.15, 0.2) is 48.5 Å². The third-order valence-corrected chi connectivity index (χ3v) is 4.61. The van der Waals surface area contributed by atoms with Crippen molar-refractivity contribution in [2.75, 3.05) is 10.2 Å². The highest BCUT2D eigenvalue weighted by atomic mass is 35.5. The molecule has 2 amide bonds. The number of hydroxylamine groups is 1. The number of hydrogen-bond donors (Lipinski definition) is 3. The predicted octanol–water partition coefficient (Wildman–Crippen LogP) is 3.06. The lowest BCUT2D eigenvalue weighted by atomic mass is 10.1. The van der Waals surface area contributed by atoms with Gasteiger partial charge in [-0.05, 0) is 55.5 Å². The van der Waals surface area contributed by atoms with Crippen LogP contribution in [0.5, 0.6) is 0 Å². The number of anilines is 2. The fourth-order valence-electron chi connectivity index (χ4n) is 3.01. The van der Waals surface area contributed by atoms with Crippen LogP contribution in [0.1, 0.15) is 23.7 Å². The molecular formula is C18H18ClN3O3. The van der Waals surface area contributed by atoms with Crippen LogP contribution in [0, 0.1) is 0 Å². The number of halogens is 1. The average molecular weight is 360 g/mol. The quantitative estimate of drug-likeness (QED) is 0.579. The Balaban J connectivity index is 1.72. The van der Waals surface area contributed by atoms with Gasteiger partial charge in [0.2, 0.25) is 5.91 Å². The van der Waals surface area contributed by atoms with Crippen molar-refractivity contribution in [2.45, 2.75) is 25.4 Å². The Bertz CT molecular complexity index is 777. The van der Waals surface area contributed by atoms with Gasteiger partial charge in [0, 0.05) is 28.4 Å². The molecule has 3 rings (SSSR count). The Morgan fingerprint density at radius 2 is 1.80 bits per heavy atom. The van der Waals surface area contributed by atoms with Gasteiger partial charge in [0.05, 0.1) is 12.1 Å². The Morgan fingerprint density at radius 1 is 1.16 bits per heavy atom. The van der Waals surface area contributed by atoms with E-state index < -0.39 is 5.91 Å². The number of benzene rings is 2. The molecule has 1 aliphatic rings. The van der Waals surface area contributed by atoms with Gasteiger partial charge in [-0.15, -0.1) is 0 Å². The number of hydrogen-bond acceptors (Lipinski definition) is 4. The number of amides is 2. The smallest absolute Gasteiger partial charge is 0.274 e. The zero-order valence-electron chi connectivity index (χ0n) is 13.6. The topological polar surface area (TPSA) is 81.7 Å². The van der Waals surface area contributed by atoms with Crippen LogP contribution >= 0.6 is 11.6 Å². The van der Waals surface area contributed by atoms with Gasteiger partial charge < -0.3 is 10.2 Å². The molecule has 1 fully saturated rings. The minimum absolute atomic E-state index is 0.0332. The fourth-order valence-corrected chi connectivity index (χ4v) is 3.14. The van der Waals surface area contributed by atoms with Crippen LogP contribution < -0.4 is 15.7 Å². The molecule has 2 aromatic carbocycles. The third-order valence-electron chi connectivity index (χ3n) is 4.36. The SMILES string of the molecule is C[C@H]1[C@H](Nc2ccc(C(=O)NO)cc2)CC(=O)N1c1ccc(Cl)cc1. The zero-order valence-corrected chi connectivity index (χ0v) is 14.3. The lowest BCUT2D eigenvalue weighted by Gasteiger charge is -2.26. The summed E-state index contributed by atoms with van der Waals surface area (Å²) < 4.78 is 0. The number of carbonyl (C=O) groups is 2. The standard InChI is InChI=1S/C18H18ClN3O3/c1-11-16(20-14-6-2-12(3-7-14)18(24)21-25)10-17(23)22(11)15-8-4-13(19)5-9-15/h2-9,11,16,20,25H,10H2,1H3,(H,21,24)/t11-,16+/m0/s1. The summed E-state index contributed by atoms with van der Waals surface area (Å²) >= 11 is 5.91. The molecule has 3 N–H and O–H groups in total. The molecule has 6 nitrogen and oxygen atoms in total. The van der Waals surface area contributed by atoms with Crippen LogP contribution in [0.3, 0.4) is 0 Å². The lowest BCUT2D eigenvalue weighted by molar-refractivity contribution is -0.117. The minimum Gasteiger partial charge on any atom is -0.380 e. The second kappa shape index (κ2) is 7.13. The molecule has 0 saturated carbocycles. The normalized spacial score (nSPS) is 19.8. The Labute approximate surface area is 150 Å². The van der Waals surface area contributed by atoms with Crippen molar-refractivity contribution in [3.63, 3.8) is 0 Å². The molecule has 0 aliphatic carbocycles. The van der Waals surface area contributed by atoms with E-state index in [1.54, 1.807) is 46.8 Å². The molecule has 25 heavy (non-hydrogen) atoms. The van der Waals surface area contributed by atoms with Crippen LogP contribution in [0.25, 0.3) is 0 Å². The zero-order chi connectivity index (χ0) is 18.0. The van der Waals surface area contributed by atoms with E-state index in [9.17, 15) is 9.59 Å². The number of nitrogens with zero attached hydrogens (tertiary/aromatic N) is 1. The van der Waals surface area contributed by atoms with Crippen LogP contribution in [-0.4, -0.2) is 29.1 Å². The summed E-state index contributed by atoms with van der Waals surface area (Å²) in [5, 5.41) is 12.6. The first-order valence-electron chi connectivity index (χ1n) is 7.88. The van der Waals surface area contributed by atoms with E-state index in [0.29, 0.717) is 17.0 Å². The molecule has 0 bridgehead atoms. The maximum absolute atomic E-state index is 12.4. The summed E-state index contributed by atoms with van der Waals surface area (Å²) in [7, 11) is 0. The van der Waals surface area contributed by atoms with E-state index in [1.165, 1.54) is 0 Å². The summed E-state index contributed by atoms with van der Waals surface area (Å²) in [6.45, 7) is 1.99. The molecule has 0 radical (unpaired) electrons. The van der Waals surface area contributed by atoms with Crippen LogP contribution in [0.4, 0.5) is 11.4 Å². The van der Waals surface area contributed by atoms with E-state index in [-0.39, 0.29) is 18.0 Å². The number of nitrogens with one attached hydrogen (secondary N) is 2. The largest absolute Gasteiger partial charge is 0.380 e. The summed E-state index contributed by atoms with van der Waals surface area (Å²) in [6.07, 6.45) is 0.378. The monoisotopic (exact) mass is 359 g/mol. The first kappa shape index (κ1) is 17.3. The number of carbonyl (C=O) groups excluding carboxylic acids is 2. The second-order valence-corrected chi connectivity index (χ2v) is 6.39. The second-order valence-electron chi connectivity index (χ2n) is 5.95. The van der Waals surface area contributed by atoms with Gasteiger partial charge in [-0.1, -0.05) is 11.6 Å². The maximum Gasteiger partial charge on any atom is 0.274 e. The molecule has 7 heteroatoms. The third kappa shape index (κ3) is 3.60. The summed E-state index contributed by atoms with van der Waals surface area (Å²) in [5.41, 5.74) is 3.57.